The van der Waals surface area contributed by atoms with Crippen molar-refractivity contribution in [2.24, 2.45) is 0 Å². The lowest BCUT2D eigenvalue weighted by Gasteiger charge is -2.39. The summed E-state index contributed by atoms with van der Waals surface area (Å²) in [5.41, 5.74) is 1.40. The molecule has 174 valence electrons. The Hall–Kier alpha value is -3.76. The van der Waals surface area contributed by atoms with Crippen LogP contribution in [0.2, 0.25) is 0 Å². The Morgan fingerprint density at radius 1 is 1.21 bits per heavy atom. The number of carbonyl (C=O) groups is 1. The first-order chi connectivity index (χ1) is 15.5. The molecule has 3 aromatic rings. The number of benzene rings is 1. The first kappa shape index (κ1) is 22.4. The molecule has 0 aliphatic carbocycles. The predicted molar refractivity (Wildman–Crippen MR) is 111 cm³/mol. The molecule has 11 heteroatoms. The van der Waals surface area contributed by atoms with Gasteiger partial charge in [-0.05, 0) is 50.6 Å². The molecule has 33 heavy (non-hydrogen) atoms. The molecule has 2 aromatic heterocycles. The van der Waals surface area contributed by atoms with Crippen molar-refractivity contribution >= 4 is 5.91 Å². The maximum Gasteiger partial charge on any atom is 0.573 e. The molecule has 1 aliphatic heterocycles. The first-order valence-electron chi connectivity index (χ1n) is 10.1. The second-order valence-electron chi connectivity index (χ2n) is 7.95. The maximum atomic E-state index is 13.3. The van der Waals surface area contributed by atoms with Gasteiger partial charge in [-0.3, -0.25) is 9.59 Å². The highest BCUT2D eigenvalue weighted by molar-refractivity contribution is 5.94. The minimum absolute atomic E-state index is 0.201. The smallest absolute Gasteiger partial charge is 0.504 e. The minimum Gasteiger partial charge on any atom is -0.504 e. The summed E-state index contributed by atoms with van der Waals surface area (Å²) in [5.74, 6) is -1.82. The van der Waals surface area contributed by atoms with E-state index in [2.05, 4.69) is 9.72 Å². The third-order valence-corrected chi connectivity index (χ3v) is 5.63. The van der Waals surface area contributed by atoms with E-state index in [0.29, 0.717) is 11.3 Å². The molecule has 1 amide bonds. The third-order valence-electron chi connectivity index (χ3n) is 5.63. The van der Waals surface area contributed by atoms with Gasteiger partial charge in [-0.2, -0.15) is 0 Å². The predicted octanol–water partition coefficient (Wildman–Crippen LogP) is 3.55. The van der Waals surface area contributed by atoms with Crippen LogP contribution in [0.5, 0.6) is 11.5 Å². The fourth-order valence-corrected chi connectivity index (χ4v) is 4.09. The zero-order chi connectivity index (χ0) is 24.1. The molecule has 0 bridgehead atoms. The van der Waals surface area contributed by atoms with Crippen molar-refractivity contribution in [1.29, 1.82) is 0 Å². The molecule has 4 rings (SSSR count). The largest absolute Gasteiger partial charge is 0.573 e. The number of phenols is 1. The van der Waals surface area contributed by atoms with Crippen LogP contribution in [0.1, 0.15) is 41.6 Å². The van der Waals surface area contributed by atoms with Crippen molar-refractivity contribution in [2.45, 2.75) is 45.8 Å². The maximum absolute atomic E-state index is 13.3. The zero-order valence-electron chi connectivity index (χ0n) is 18.0. The van der Waals surface area contributed by atoms with Gasteiger partial charge in [0.05, 0.1) is 18.1 Å². The number of hydrogen-bond donors (Lipinski definition) is 1. The summed E-state index contributed by atoms with van der Waals surface area (Å²) in [4.78, 5) is 32.0. The number of carbonyl (C=O) groups excluding carboxylic acids is 1. The summed E-state index contributed by atoms with van der Waals surface area (Å²) >= 11 is 0. The van der Waals surface area contributed by atoms with Crippen molar-refractivity contribution in [3.05, 3.63) is 70.2 Å². The third kappa shape index (κ3) is 4.18. The second kappa shape index (κ2) is 7.98. The van der Waals surface area contributed by atoms with Gasteiger partial charge < -0.3 is 23.9 Å². The first-order valence-corrected chi connectivity index (χ1v) is 10.1. The minimum atomic E-state index is -4.94. The van der Waals surface area contributed by atoms with Gasteiger partial charge in [0.1, 0.15) is 11.4 Å². The summed E-state index contributed by atoms with van der Waals surface area (Å²) in [6.45, 7) is 5.51. The van der Waals surface area contributed by atoms with Crippen LogP contribution in [0.15, 0.2) is 47.7 Å². The molecule has 0 saturated carbocycles. The van der Waals surface area contributed by atoms with Crippen LogP contribution in [0, 0.1) is 6.92 Å². The van der Waals surface area contributed by atoms with Crippen LogP contribution in [-0.4, -0.2) is 42.4 Å². The fourth-order valence-electron chi connectivity index (χ4n) is 4.09. The van der Waals surface area contributed by atoms with Gasteiger partial charge in [0.25, 0.3) is 11.5 Å². The standard InChI is InChI=1S/C22H21F3N4O4/c1-12-9-27(11-26-12)16-5-6-17-21(32)29(13(2)10-28(17)20(16)31)14(3)15-4-7-19(18(30)8-15)33-22(23,24)25/h4-9,11,13-14,30H,10H2,1-3H3. The number of aromatic nitrogens is 3. The molecular weight excluding hydrogens is 441 g/mol. The molecule has 3 heterocycles. The summed E-state index contributed by atoms with van der Waals surface area (Å²) in [6.07, 6.45) is -1.70. The highest BCUT2D eigenvalue weighted by Gasteiger charge is 2.36. The summed E-state index contributed by atoms with van der Waals surface area (Å²) in [7, 11) is 0. The van der Waals surface area contributed by atoms with Gasteiger partial charge in [-0.25, -0.2) is 4.98 Å². The van der Waals surface area contributed by atoms with Gasteiger partial charge in [-0.15, -0.1) is 13.2 Å². The lowest BCUT2D eigenvalue weighted by atomic mass is 10.0. The zero-order valence-corrected chi connectivity index (χ0v) is 18.0. The number of hydrogen-bond acceptors (Lipinski definition) is 5. The molecular formula is C22H21F3N4O4. The van der Waals surface area contributed by atoms with Crippen LogP contribution in [-0.2, 0) is 6.54 Å². The molecule has 0 spiro atoms. The van der Waals surface area contributed by atoms with E-state index in [1.807, 2.05) is 0 Å². The number of fused-ring (bicyclic) bond motifs is 1. The molecule has 0 fully saturated rings. The Balaban J connectivity index is 1.65. The van der Waals surface area contributed by atoms with Crippen molar-refractivity contribution in [3.8, 4) is 17.2 Å². The summed E-state index contributed by atoms with van der Waals surface area (Å²) < 4.78 is 44.2. The van der Waals surface area contributed by atoms with Gasteiger partial charge in [0.15, 0.2) is 11.5 Å². The number of amides is 1. The Kier molecular flexibility index (Phi) is 5.43. The number of aromatic hydroxyl groups is 1. The topological polar surface area (TPSA) is 89.6 Å². The van der Waals surface area contributed by atoms with E-state index in [4.69, 9.17) is 0 Å². The van der Waals surface area contributed by atoms with Crippen molar-refractivity contribution in [1.82, 2.24) is 19.0 Å². The number of pyridine rings is 1. The number of imidazole rings is 1. The lowest BCUT2D eigenvalue weighted by molar-refractivity contribution is -0.275. The second-order valence-corrected chi connectivity index (χ2v) is 7.95. The summed E-state index contributed by atoms with van der Waals surface area (Å²) in [6, 6.07) is 5.64. The van der Waals surface area contributed by atoms with Crippen LogP contribution >= 0.6 is 0 Å². The molecule has 8 nitrogen and oxygen atoms in total. The van der Waals surface area contributed by atoms with Crippen molar-refractivity contribution in [2.75, 3.05) is 0 Å². The number of alkyl halides is 3. The van der Waals surface area contributed by atoms with E-state index in [1.54, 1.807) is 43.7 Å². The Morgan fingerprint density at radius 3 is 2.55 bits per heavy atom. The normalized spacial score (nSPS) is 17.1. The van der Waals surface area contributed by atoms with E-state index in [-0.39, 0.29) is 17.8 Å². The SMILES string of the molecule is Cc1cn(-c2ccc3n(c2=O)CC(C)N(C(C)c2ccc(OC(F)(F)F)c(O)c2)C3=O)cn1. The van der Waals surface area contributed by atoms with Crippen molar-refractivity contribution < 1.29 is 27.8 Å². The monoisotopic (exact) mass is 462 g/mol. The average molecular weight is 462 g/mol. The van der Waals surface area contributed by atoms with E-state index in [1.165, 1.54) is 21.9 Å². The van der Waals surface area contributed by atoms with Crippen LogP contribution in [0.25, 0.3) is 5.69 Å². The van der Waals surface area contributed by atoms with Crippen LogP contribution in [0.4, 0.5) is 13.2 Å². The van der Waals surface area contributed by atoms with E-state index in [9.17, 15) is 27.9 Å². The van der Waals surface area contributed by atoms with Crippen molar-refractivity contribution in [3.63, 3.8) is 0 Å². The Morgan fingerprint density at radius 2 is 1.94 bits per heavy atom. The molecule has 0 radical (unpaired) electrons. The lowest BCUT2D eigenvalue weighted by Crippen LogP contribution is -2.50. The van der Waals surface area contributed by atoms with E-state index in [0.717, 1.165) is 17.8 Å². The van der Waals surface area contributed by atoms with Crippen LogP contribution < -0.4 is 10.3 Å². The van der Waals surface area contributed by atoms with Gasteiger partial charge >= 0.3 is 6.36 Å². The molecule has 2 atom stereocenters. The Bertz CT molecular complexity index is 1280. The number of halogens is 3. The number of aryl methyl sites for hydroxylation is 1. The number of rotatable bonds is 4. The number of ether oxygens (including phenoxy) is 1. The molecule has 1 aliphatic rings. The van der Waals surface area contributed by atoms with Gasteiger partial charge in [0, 0.05) is 18.8 Å². The molecule has 1 aromatic carbocycles. The average Bonchev–Trinajstić information content (AvgIpc) is 3.15. The highest BCUT2D eigenvalue weighted by atomic mass is 19.4. The van der Waals surface area contributed by atoms with E-state index < -0.39 is 35.9 Å². The highest BCUT2D eigenvalue weighted by Crippen LogP contribution is 2.36. The summed E-state index contributed by atoms with van der Waals surface area (Å²) in [5, 5.41) is 9.99. The fraction of sp³-hybridized carbons (Fsp3) is 0.318. The molecule has 2 unspecified atom stereocenters. The van der Waals surface area contributed by atoms with Gasteiger partial charge in [-0.1, -0.05) is 6.07 Å². The number of nitrogens with zero attached hydrogens (tertiary/aromatic N) is 4. The van der Waals surface area contributed by atoms with Crippen LogP contribution in [0.3, 0.4) is 0 Å². The van der Waals surface area contributed by atoms with Gasteiger partial charge in [0.2, 0.25) is 0 Å². The Labute approximate surface area is 186 Å². The van der Waals surface area contributed by atoms with E-state index >= 15 is 0 Å². The number of phenolic OH excluding ortho intramolecular Hbond substituents is 1. The molecule has 0 saturated heterocycles. The quantitative estimate of drug-likeness (QED) is 0.641. The molecule has 1 N–H and O–H groups in total.